The first-order valence-electron chi connectivity index (χ1n) is 5.76. The van der Waals surface area contributed by atoms with Crippen molar-refractivity contribution in [3.63, 3.8) is 0 Å². The summed E-state index contributed by atoms with van der Waals surface area (Å²) >= 11 is 0. The zero-order valence-electron chi connectivity index (χ0n) is 9.35. The minimum atomic E-state index is -3.76. The maximum absolute atomic E-state index is 11.2. The standard InChI is InChI=1S/C10H21O4P/c1-2-13-15(11,12)14-9-8-10-6-4-3-5-7-10/h10H,2-9H2,1H3,(H,11,12). The minimum absolute atomic E-state index is 0.206. The van der Waals surface area contributed by atoms with Crippen LogP contribution in [0.4, 0.5) is 0 Å². The Labute approximate surface area is 91.6 Å². The fourth-order valence-corrected chi connectivity index (χ4v) is 2.75. The highest BCUT2D eigenvalue weighted by atomic mass is 31.2. The molecular weight excluding hydrogens is 215 g/mol. The molecular formula is C10H21O4P. The summed E-state index contributed by atoms with van der Waals surface area (Å²) in [6.45, 7) is 2.21. The second kappa shape index (κ2) is 6.64. The van der Waals surface area contributed by atoms with Gasteiger partial charge in [-0.2, -0.15) is 0 Å². The Morgan fingerprint density at radius 3 is 2.53 bits per heavy atom. The van der Waals surface area contributed by atoms with Crippen LogP contribution in [0.5, 0.6) is 0 Å². The van der Waals surface area contributed by atoms with Crippen molar-refractivity contribution in [3.8, 4) is 0 Å². The first-order chi connectivity index (χ1) is 7.14. The Morgan fingerprint density at radius 1 is 1.27 bits per heavy atom. The van der Waals surface area contributed by atoms with E-state index in [1.54, 1.807) is 6.92 Å². The molecule has 0 saturated heterocycles. The zero-order chi connectivity index (χ0) is 11.1. The average molecular weight is 236 g/mol. The lowest BCUT2D eigenvalue weighted by Crippen LogP contribution is -2.09. The first kappa shape index (κ1) is 13.2. The van der Waals surface area contributed by atoms with E-state index >= 15 is 0 Å². The molecule has 1 saturated carbocycles. The lowest BCUT2D eigenvalue weighted by molar-refractivity contribution is 0.143. The third kappa shape index (κ3) is 5.67. The van der Waals surface area contributed by atoms with Crippen LogP contribution in [-0.4, -0.2) is 18.1 Å². The fraction of sp³-hybridized carbons (Fsp3) is 1.00. The number of rotatable bonds is 6. The summed E-state index contributed by atoms with van der Waals surface area (Å²) in [5, 5.41) is 0. The summed E-state index contributed by atoms with van der Waals surface area (Å²) in [6.07, 6.45) is 7.23. The molecule has 0 radical (unpaired) electrons. The largest absolute Gasteiger partial charge is 0.472 e. The molecule has 90 valence electrons. The van der Waals surface area contributed by atoms with Gasteiger partial charge in [0.05, 0.1) is 13.2 Å². The maximum atomic E-state index is 11.2. The molecule has 1 rings (SSSR count). The van der Waals surface area contributed by atoms with Gasteiger partial charge in [0.1, 0.15) is 0 Å². The zero-order valence-corrected chi connectivity index (χ0v) is 10.2. The fourth-order valence-electron chi connectivity index (χ4n) is 2.01. The van der Waals surface area contributed by atoms with Gasteiger partial charge < -0.3 is 4.89 Å². The SMILES string of the molecule is CCOP(=O)(O)OCCC1CCCCC1. The molecule has 0 spiro atoms. The summed E-state index contributed by atoms with van der Waals surface area (Å²) in [5.74, 6) is 0.667. The number of hydrogen-bond donors (Lipinski definition) is 1. The molecule has 0 amide bonds. The Hall–Kier alpha value is 0.110. The molecule has 1 aliphatic rings. The Balaban J connectivity index is 2.11. The number of phosphoric ester groups is 1. The normalized spacial score (nSPS) is 22.5. The van der Waals surface area contributed by atoms with Crippen LogP contribution in [-0.2, 0) is 13.6 Å². The molecule has 1 atom stereocenters. The third-order valence-electron chi connectivity index (χ3n) is 2.80. The van der Waals surface area contributed by atoms with Crippen LogP contribution >= 0.6 is 7.82 Å². The van der Waals surface area contributed by atoms with Crippen molar-refractivity contribution >= 4 is 7.82 Å². The molecule has 5 heteroatoms. The van der Waals surface area contributed by atoms with E-state index in [1.807, 2.05) is 0 Å². The van der Waals surface area contributed by atoms with Crippen LogP contribution < -0.4 is 0 Å². The lowest BCUT2D eigenvalue weighted by atomic mass is 9.87. The molecule has 0 aromatic rings. The van der Waals surface area contributed by atoms with Crippen LogP contribution in [0.25, 0.3) is 0 Å². The predicted octanol–water partition coefficient (Wildman–Crippen LogP) is 3.11. The van der Waals surface area contributed by atoms with Gasteiger partial charge in [-0.3, -0.25) is 9.05 Å². The van der Waals surface area contributed by atoms with Crippen LogP contribution in [0, 0.1) is 5.92 Å². The van der Waals surface area contributed by atoms with E-state index in [-0.39, 0.29) is 6.61 Å². The van der Waals surface area contributed by atoms with Gasteiger partial charge in [0.2, 0.25) is 0 Å². The molecule has 0 heterocycles. The van der Waals surface area contributed by atoms with Crippen molar-refractivity contribution < 1.29 is 18.5 Å². The van der Waals surface area contributed by atoms with Crippen molar-refractivity contribution in [1.29, 1.82) is 0 Å². The molecule has 4 nitrogen and oxygen atoms in total. The molecule has 1 fully saturated rings. The Bertz CT molecular complexity index is 213. The summed E-state index contributed by atoms with van der Waals surface area (Å²) in [7, 11) is -3.76. The molecule has 0 aliphatic heterocycles. The van der Waals surface area contributed by atoms with Crippen LogP contribution in [0.2, 0.25) is 0 Å². The Kier molecular flexibility index (Phi) is 5.83. The van der Waals surface area contributed by atoms with Gasteiger partial charge in [-0.25, -0.2) is 4.57 Å². The number of hydrogen-bond acceptors (Lipinski definition) is 3. The van der Waals surface area contributed by atoms with E-state index in [4.69, 9.17) is 9.42 Å². The summed E-state index contributed by atoms with van der Waals surface area (Å²) in [5.41, 5.74) is 0. The van der Waals surface area contributed by atoms with Gasteiger partial charge in [0.15, 0.2) is 0 Å². The predicted molar refractivity (Wildman–Crippen MR) is 58.6 cm³/mol. The van der Waals surface area contributed by atoms with Crippen LogP contribution in [0.1, 0.15) is 45.4 Å². The monoisotopic (exact) mass is 236 g/mol. The van der Waals surface area contributed by atoms with Gasteiger partial charge in [0, 0.05) is 0 Å². The molecule has 1 unspecified atom stereocenters. The van der Waals surface area contributed by atoms with E-state index in [2.05, 4.69) is 4.52 Å². The van der Waals surface area contributed by atoms with Crippen molar-refractivity contribution in [1.82, 2.24) is 0 Å². The second-order valence-electron chi connectivity index (χ2n) is 4.01. The highest BCUT2D eigenvalue weighted by Gasteiger charge is 2.21. The van der Waals surface area contributed by atoms with Gasteiger partial charge in [-0.15, -0.1) is 0 Å². The van der Waals surface area contributed by atoms with E-state index < -0.39 is 7.82 Å². The molecule has 15 heavy (non-hydrogen) atoms. The highest BCUT2D eigenvalue weighted by molar-refractivity contribution is 7.47. The highest BCUT2D eigenvalue weighted by Crippen LogP contribution is 2.43. The van der Waals surface area contributed by atoms with Crippen LogP contribution in [0.3, 0.4) is 0 Å². The molecule has 0 aromatic carbocycles. The third-order valence-corrected chi connectivity index (χ3v) is 3.89. The summed E-state index contributed by atoms with van der Waals surface area (Å²) < 4.78 is 20.6. The molecule has 1 aliphatic carbocycles. The van der Waals surface area contributed by atoms with Crippen LogP contribution in [0.15, 0.2) is 0 Å². The number of phosphoric acid groups is 1. The maximum Gasteiger partial charge on any atom is 0.472 e. The van der Waals surface area contributed by atoms with E-state index in [0.29, 0.717) is 12.5 Å². The van der Waals surface area contributed by atoms with E-state index in [1.165, 1.54) is 32.1 Å². The van der Waals surface area contributed by atoms with Crippen molar-refractivity contribution in [2.75, 3.05) is 13.2 Å². The van der Waals surface area contributed by atoms with Gasteiger partial charge >= 0.3 is 7.82 Å². The second-order valence-corrected chi connectivity index (χ2v) is 5.47. The quantitative estimate of drug-likeness (QED) is 0.720. The topological polar surface area (TPSA) is 55.8 Å². The average Bonchev–Trinajstić information content (AvgIpc) is 2.19. The van der Waals surface area contributed by atoms with Crippen molar-refractivity contribution in [2.45, 2.75) is 45.4 Å². The smallest absolute Gasteiger partial charge is 0.302 e. The van der Waals surface area contributed by atoms with E-state index in [9.17, 15) is 4.57 Å². The van der Waals surface area contributed by atoms with Gasteiger partial charge in [0.25, 0.3) is 0 Å². The van der Waals surface area contributed by atoms with Crippen molar-refractivity contribution in [2.24, 2.45) is 5.92 Å². The molecule has 1 N–H and O–H groups in total. The molecule has 0 bridgehead atoms. The van der Waals surface area contributed by atoms with Gasteiger partial charge in [-0.05, 0) is 19.3 Å². The molecule has 0 aromatic heterocycles. The summed E-state index contributed by atoms with van der Waals surface area (Å²) in [4.78, 5) is 9.16. The lowest BCUT2D eigenvalue weighted by Gasteiger charge is -2.21. The minimum Gasteiger partial charge on any atom is -0.302 e. The summed E-state index contributed by atoms with van der Waals surface area (Å²) in [6, 6.07) is 0. The first-order valence-corrected chi connectivity index (χ1v) is 7.25. The van der Waals surface area contributed by atoms with Crippen molar-refractivity contribution in [3.05, 3.63) is 0 Å². The van der Waals surface area contributed by atoms with E-state index in [0.717, 1.165) is 6.42 Å². The van der Waals surface area contributed by atoms with Gasteiger partial charge in [-0.1, -0.05) is 32.1 Å². The Morgan fingerprint density at radius 2 is 1.93 bits per heavy atom.